The van der Waals surface area contributed by atoms with E-state index in [1.807, 2.05) is 39.8 Å². The van der Waals surface area contributed by atoms with Crippen LogP contribution >= 0.6 is 0 Å². The molecule has 19 heavy (non-hydrogen) atoms. The van der Waals surface area contributed by atoms with Crippen LogP contribution in [0.2, 0.25) is 0 Å². The molecule has 0 aromatic carbocycles. The van der Waals surface area contributed by atoms with Crippen molar-refractivity contribution in [1.82, 2.24) is 0 Å². The molecule has 0 fully saturated rings. The van der Waals surface area contributed by atoms with Gasteiger partial charge in [-0.05, 0) is 42.0 Å². The highest BCUT2D eigenvalue weighted by molar-refractivity contribution is 7.86. The molecule has 0 spiro atoms. The summed E-state index contributed by atoms with van der Waals surface area (Å²) < 4.78 is 33.1. The number of aryl methyl sites for hydroxylation is 1. The van der Waals surface area contributed by atoms with Gasteiger partial charge in [-0.1, -0.05) is 38.1 Å². The maximum Gasteiger partial charge on any atom is 0.295 e. The first-order chi connectivity index (χ1) is 8.75. The normalized spacial score (nSPS) is 12.3. The molecule has 0 bridgehead atoms. The molecule has 0 amide bonds. The maximum atomic E-state index is 11.8. The minimum Gasteiger partial charge on any atom is -0.282 e. The van der Waals surface area contributed by atoms with E-state index in [4.69, 9.17) is 0 Å². The standard InChI is InChI=1S/C15H18O3S/c1-9(2)13-11(4)14-10(3)7-5-6-8-12(14)15(13)19(16,17)18/h5-9H,1-4H3,(H,16,17,18). The zero-order chi connectivity index (χ0) is 14.4. The van der Waals surface area contributed by atoms with E-state index in [-0.39, 0.29) is 10.8 Å². The van der Waals surface area contributed by atoms with Gasteiger partial charge in [-0.15, -0.1) is 0 Å². The van der Waals surface area contributed by atoms with Gasteiger partial charge in [-0.25, -0.2) is 0 Å². The third kappa shape index (κ3) is 2.26. The Labute approximate surface area is 114 Å². The topological polar surface area (TPSA) is 54.4 Å². The Morgan fingerprint density at radius 2 is 1.68 bits per heavy atom. The molecular weight excluding hydrogens is 260 g/mol. The Morgan fingerprint density at radius 3 is 2.21 bits per heavy atom. The van der Waals surface area contributed by atoms with E-state index in [0.29, 0.717) is 11.1 Å². The second-order valence-corrected chi connectivity index (χ2v) is 6.55. The van der Waals surface area contributed by atoms with Crippen molar-refractivity contribution in [3.63, 3.8) is 0 Å². The lowest BCUT2D eigenvalue weighted by atomic mass is 10.0. The molecule has 0 aromatic rings. The molecule has 0 aromatic heterocycles. The molecule has 0 radical (unpaired) electrons. The molecule has 0 atom stereocenters. The van der Waals surface area contributed by atoms with Gasteiger partial charge in [0.2, 0.25) is 0 Å². The average Bonchev–Trinajstić information content (AvgIpc) is 2.43. The van der Waals surface area contributed by atoms with Crippen molar-refractivity contribution in [2.45, 2.75) is 38.5 Å². The van der Waals surface area contributed by atoms with E-state index in [0.717, 1.165) is 16.7 Å². The van der Waals surface area contributed by atoms with E-state index in [1.54, 1.807) is 12.1 Å². The van der Waals surface area contributed by atoms with Crippen molar-refractivity contribution >= 4 is 10.1 Å². The molecule has 0 aliphatic heterocycles. The number of hydrogen-bond donors (Lipinski definition) is 1. The van der Waals surface area contributed by atoms with Gasteiger partial charge in [0.25, 0.3) is 10.1 Å². The number of rotatable bonds is 2. The second kappa shape index (κ2) is 4.62. The molecular formula is C15H18O3S. The molecule has 0 saturated heterocycles. The average molecular weight is 278 g/mol. The van der Waals surface area contributed by atoms with Crippen LogP contribution in [0, 0.1) is 13.8 Å². The Balaban J connectivity index is 3.04. The fraction of sp³-hybridized carbons (Fsp3) is 0.333. The Bertz CT molecular complexity index is 700. The lowest BCUT2D eigenvalue weighted by Crippen LogP contribution is -2.03. The van der Waals surface area contributed by atoms with Crippen LogP contribution in [0.25, 0.3) is 11.1 Å². The van der Waals surface area contributed by atoms with Gasteiger partial charge in [0, 0.05) is 5.56 Å². The molecule has 0 saturated carbocycles. The molecule has 2 aliphatic rings. The summed E-state index contributed by atoms with van der Waals surface area (Å²) in [6.45, 7) is 7.74. The molecule has 0 heterocycles. The van der Waals surface area contributed by atoms with E-state index in [2.05, 4.69) is 0 Å². The summed E-state index contributed by atoms with van der Waals surface area (Å²) in [5.41, 5.74) is 4.18. The Kier molecular flexibility index (Phi) is 3.41. The van der Waals surface area contributed by atoms with Gasteiger partial charge < -0.3 is 0 Å². The Morgan fingerprint density at radius 1 is 1.11 bits per heavy atom. The zero-order valence-electron chi connectivity index (χ0n) is 11.6. The lowest BCUT2D eigenvalue weighted by Gasteiger charge is -2.07. The van der Waals surface area contributed by atoms with Crippen LogP contribution in [0.5, 0.6) is 0 Å². The smallest absolute Gasteiger partial charge is 0.282 e. The van der Waals surface area contributed by atoms with Crippen LogP contribution < -0.4 is 0 Å². The van der Waals surface area contributed by atoms with Crippen LogP contribution in [-0.2, 0) is 10.1 Å². The predicted octanol–water partition coefficient (Wildman–Crippen LogP) is 3.78. The summed E-state index contributed by atoms with van der Waals surface area (Å²) in [7, 11) is -4.23. The second-order valence-electron chi connectivity index (χ2n) is 5.19. The van der Waals surface area contributed by atoms with Crippen LogP contribution in [0.3, 0.4) is 0 Å². The van der Waals surface area contributed by atoms with Crippen LogP contribution in [-0.4, -0.2) is 13.0 Å². The van der Waals surface area contributed by atoms with Crippen molar-refractivity contribution in [3.05, 3.63) is 41.0 Å². The predicted molar refractivity (Wildman–Crippen MR) is 76.4 cm³/mol. The highest BCUT2D eigenvalue weighted by Gasteiger charge is 2.29. The summed E-state index contributed by atoms with van der Waals surface area (Å²) >= 11 is 0. The fourth-order valence-corrected chi connectivity index (χ4v) is 3.96. The van der Waals surface area contributed by atoms with Gasteiger partial charge in [0.1, 0.15) is 4.90 Å². The first kappa shape index (κ1) is 14.0. The van der Waals surface area contributed by atoms with Crippen LogP contribution in [0.1, 0.15) is 36.5 Å². The summed E-state index contributed by atoms with van der Waals surface area (Å²) in [5, 5.41) is 0. The van der Waals surface area contributed by atoms with Crippen molar-refractivity contribution < 1.29 is 13.0 Å². The number of fused-ring (bicyclic) bond motifs is 1. The van der Waals surface area contributed by atoms with E-state index < -0.39 is 10.1 Å². The van der Waals surface area contributed by atoms with Gasteiger partial charge in [-0.3, -0.25) is 4.55 Å². The lowest BCUT2D eigenvalue weighted by molar-refractivity contribution is 0.482. The maximum absolute atomic E-state index is 11.8. The number of hydrogen-bond acceptors (Lipinski definition) is 2. The first-order valence-electron chi connectivity index (χ1n) is 6.24. The molecule has 4 heteroatoms. The summed E-state index contributed by atoms with van der Waals surface area (Å²) in [6.07, 6.45) is 0. The minimum atomic E-state index is -4.23. The van der Waals surface area contributed by atoms with Crippen molar-refractivity contribution in [2.24, 2.45) is 0 Å². The van der Waals surface area contributed by atoms with Crippen molar-refractivity contribution in [2.75, 3.05) is 0 Å². The zero-order valence-corrected chi connectivity index (χ0v) is 12.4. The largest absolute Gasteiger partial charge is 0.295 e. The summed E-state index contributed by atoms with van der Waals surface area (Å²) in [5.74, 6) is 0.0361. The van der Waals surface area contributed by atoms with E-state index >= 15 is 0 Å². The molecule has 1 N–H and O–H groups in total. The van der Waals surface area contributed by atoms with Crippen molar-refractivity contribution in [3.8, 4) is 11.1 Å². The minimum absolute atomic E-state index is 0.0361. The van der Waals surface area contributed by atoms with Crippen LogP contribution in [0.4, 0.5) is 0 Å². The molecule has 2 rings (SSSR count). The summed E-state index contributed by atoms with van der Waals surface area (Å²) in [6, 6.07) is 7.38. The van der Waals surface area contributed by atoms with Gasteiger partial charge in [0.05, 0.1) is 0 Å². The molecule has 2 aliphatic carbocycles. The van der Waals surface area contributed by atoms with Crippen LogP contribution in [0.15, 0.2) is 29.2 Å². The summed E-state index contributed by atoms with van der Waals surface area (Å²) in [4.78, 5) is 0.0642. The molecule has 102 valence electrons. The van der Waals surface area contributed by atoms with E-state index in [1.165, 1.54) is 0 Å². The quantitative estimate of drug-likeness (QED) is 0.851. The van der Waals surface area contributed by atoms with Gasteiger partial charge in [-0.2, -0.15) is 8.42 Å². The third-order valence-electron chi connectivity index (χ3n) is 3.49. The monoisotopic (exact) mass is 278 g/mol. The highest BCUT2D eigenvalue weighted by atomic mass is 32.2. The molecule has 3 nitrogen and oxygen atoms in total. The SMILES string of the molecule is Cc1ccccc2c(S(=O)(=O)O)c(C(C)C)c(C)c1-2. The third-order valence-corrected chi connectivity index (χ3v) is 4.44. The van der Waals surface area contributed by atoms with E-state index in [9.17, 15) is 13.0 Å². The fourth-order valence-electron chi connectivity index (χ4n) is 2.84. The highest BCUT2D eigenvalue weighted by Crippen LogP contribution is 2.43. The van der Waals surface area contributed by atoms with Crippen molar-refractivity contribution in [1.29, 1.82) is 0 Å². The molecule has 0 unspecified atom stereocenters. The van der Waals surface area contributed by atoms with Gasteiger partial charge >= 0.3 is 0 Å². The first-order valence-corrected chi connectivity index (χ1v) is 7.68. The Hall–Kier alpha value is -1.39. The van der Waals surface area contributed by atoms with Gasteiger partial charge in [0.15, 0.2) is 0 Å².